The van der Waals surface area contributed by atoms with Crippen molar-refractivity contribution in [3.8, 4) is 11.3 Å². The summed E-state index contributed by atoms with van der Waals surface area (Å²) >= 11 is 6.74. The molecule has 0 saturated carbocycles. The van der Waals surface area contributed by atoms with Crippen molar-refractivity contribution in [2.24, 2.45) is 0 Å². The fraction of sp³-hybridized carbons (Fsp3) is 0.250. The van der Waals surface area contributed by atoms with Gasteiger partial charge < -0.3 is 5.11 Å². The van der Waals surface area contributed by atoms with Gasteiger partial charge in [-0.3, -0.25) is 0 Å². The molecule has 5 nitrogen and oxygen atoms in total. The molecule has 0 aliphatic rings. The van der Waals surface area contributed by atoms with Crippen LogP contribution in [0.4, 0.5) is 0 Å². The summed E-state index contributed by atoms with van der Waals surface area (Å²) in [6.07, 6.45) is -0.770. The highest BCUT2D eigenvalue weighted by Gasteiger charge is 2.24. The molecule has 1 atom stereocenters. The predicted molar refractivity (Wildman–Crippen MR) is 79.4 cm³/mol. The summed E-state index contributed by atoms with van der Waals surface area (Å²) in [5, 5.41) is 9.19. The Morgan fingerprint density at radius 2 is 2.05 bits per heavy atom. The van der Waals surface area contributed by atoms with Crippen LogP contribution in [0.1, 0.15) is 6.92 Å². The molecule has 1 aromatic carbocycles. The molecule has 2 N–H and O–H groups in total. The lowest BCUT2D eigenvalue weighted by molar-refractivity contribution is 0.198. The number of aromatic nitrogens is 1. The van der Waals surface area contributed by atoms with E-state index in [4.69, 9.17) is 11.6 Å². The van der Waals surface area contributed by atoms with Gasteiger partial charge in [-0.1, -0.05) is 53.3 Å². The number of hydrogen-bond acceptors (Lipinski definition) is 5. The number of benzene rings is 1. The van der Waals surface area contributed by atoms with Crippen molar-refractivity contribution in [2.45, 2.75) is 17.2 Å². The van der Waals surface area contributed by atoms with Crippen LogP contribution < -0.4 is 4.72 Å². The smallest absolute Gasteiger partial charge is 0.252 e. The van der Waals surface area contributed by atoms with Crippen molar-refractivity contribution in [3.05, 3.63) is 34.8 Å². The number of aliphatic hydroxyl groups is 1. The monoisotopic (exact) mass is 332 g/mol. The lowest BCUT2D eigenvalue weighted by Gasteiger charge is -2.08. The fourth-order valence-corrected chi connectivity index (χ4v) is 4.40. The van der Waals surface area contributed by atoms with Crippen molar-refractivity contribution >= 4 is 33.0 Å². The summed E-state index contributed by atoms with van der Waals surface area (Å²) in [5.41, 5.74) is 0.992. The number of sulfonamides is 1. The Morgan fingerprint density at radius 3 is 2.65 bits per heavy atom. The van der Waals surface area contributed by atoms with Crippen LogP contribution in [0.3, 0.4) is 0 Å². The van der Waals surface area contributed by atoms with Crippen LogP contribution in [0, 0.1) is 0 Å². The van der Waals surface area contributed by atoms with Crippen molar-refractivity contribution in [1.82, 2.24) is 9.71 Å². The van der Waals surface area contributed by atoms with E-state index in [1.54, 1.807) is 24.3 Å². The van der Waals surface area contributed by atoms with Gasteiger partial charge in [-0.25, -0.2) is 18.1 Å². The van der Waals surface area contributed by atoms with Crippen molar-refractivity contribution in [1.29, 1.82) is 0 Å². The second-order valence-electron chi connectivity index (χ2n) is 4.17. The summed E-state index contributed by atoms with van der Waals surface area (Å²) in [7, 11) is -3.75. The van der Waals surface area contributed by atoms with Crippen molar-refractivity contribution in [3.63, 3.8) is 0 Å². The fourth-order valence-electron chi connectivity index (χ4n) is 1.54. The molecule has 0 aliphatic carbocycles. The normalized spacial score (nSPS) is 13.3. The maximum atomic E-state index is 12.2. The second kappa shape index (κ2) is 6.19. The molecule has 0 radical (unpaired) electrons. The molecule has 0 spiro atoms. The van der Waals surface area contributed by atoms with Gasteiger partial charge in [-0.15, -0.1) is 0 Å². The van der Waals surface area contributed by atoms with Gasteiger partial charge in [0.25, 0.3) is 10.0 Å². The van der Waals surface area contributed by atoms with Gasteiger partial charge in [0.05, 0.1) is 6.10 Å². The number of hydrogen-bond donors (Lipinski definition) is 2. The van der Waals surface area contributed by atoms with Crippen LogP contribution in [-0.2, 0) is 10.0 Å². The SMILES string of the molecule is C[C@H](O)CNS(=O)(=O)c1sc(Cl)nc1-c1ccccc1. The minimum absolute atomic E-state index is 0.0503. The summed E-state index contributed by atoms with van der Waals surface area (Å²) < 4.78 is 27.0. The Labute approximate surface area is 126 Å². The summed E-state index contributed by atoms with van der Waals surface area (Å²) in [6, 6.07) is 8.94. The Hall–Kier alpha value is -0.990. The van der Waals surface area contributed by atoms with Crippen LogP contribution in [-0.4, -0.2) is 31.2 Å². The highest BCUT2D eigenvalue weighted by atomic mass is 35.5. The van der Waals surface area contributed by atoms with E-state index in [2.05, 4.69) is 9.71 Å². The van der Waals surface area contributed by atoms with E-state index in [0.29, 0.717) is 11.3 Å². The lowest BCUT2D eigenvalue weighted by Crippen LogP contribution is -2.30. The van der Waals surface area contributed by atoms with Gasteiger partial charge >= 0.3 is 0 Å². The van der Waals surface area contributed by atoms with Gasteiger partial charge in [0.1, 0.15) is 5.69 Å². The van der Waals surface area contributed by atoms with Gasteiger partial charge in [0.2, 0.25) is 0 Å². The Morgan fingerprint density at radius 1 is 1.40 bits per heavy atom. The second-order valence-corrected chi connectivity index (χ2v) is 7.71. The van der Waals surface area contributed by atoms with E-state index in [1.165, 1.54) is 6.92 Å². The predicted octanol–water partition coefficient (Wildman–Crippen LogP) is 2.12. The maximum absolute atomic E-state index is 12.2. The molecule has 1 heterocycles. The third kappa shape index (κ3) is 3.56. The van der Waals surface area contributed by atoms with E-state index in [9.17, 15) is 13.5 Å². The van der Waals surface area contributed by atoms with Gasteiger partial charge in [-0.2, -0.15) is 0 Å². The van der Waals surface area contributed by atoms with Gasteiger partial charge in [0, 0.05) is 12.1 Å². The summed E-state index contributed by atoms with van der Waals surface area (Å²) in [6.45, 7) is 1.44. The first kappa shape index (κ1) is 15.4. The van der Waals surface area contributed by atoms with Crippen LogP contribution in [0.2, 0.25) is 4.47 Å². The van der Waals surface area contributed by atoms with E-state index in [-0.39, 0.29) is 15.2 Å². The molecule has 0 amide bonds. The minimum Gasteiger partial charge on any atom is -0.392 e. The zero-order valence-electron chi connectivity index (χ0n) is 10.6. The topological polar surface area (TPSA) is 79.3 Å². The van der Waals surface area contributed by atoms with Crippen LogP contribution in [0.15, 0.2) is 34.5 Å². The number of aliphatic hydroxyl groups excluding tert-OH is 1. The molecular formula is C12H13ClN2O3S2. The lowest BCUT2D eigenvalue weighted by atomic mass is 10.2. The van der Waals surface area contributed by atoms with Crippen LogP contribution in [0.25, 0.3) is 11.3 Å². The third-order valence-corrected chi connectivity index (χ3v) is 5.52. The molecule has 20 heavy (non-hydrogen) atoms. The molecule has 0 saturated heterocycles. The quantitative estimate of drug-likeness (QED) is 0.879. The average molecular weight is 333 g/mol. The molecule has 1 aromatic heterocycles. The van der Waals surface area contributed by atoms with E-state index < -0.39 is 16.1 Å². The first-order chi connectivity index (χ1) is 9.40. The molecule has 0 aliphatic heterocycles. The summed E-state index contributed by atoms with van der Waals surface area (Å²) in [4.78, 5) is 4.08. The molecule has 2 aromatic rings. The zero-order chi connectivity index (χ0) is 14.8. The van der Waals surface area contributed by atoms with E-state index in [1.807, 2.05) is 6.07 Å². The number of thiazole rings is 1. The Kier molecular flexibility index (Phi) is 4.77. The molecule has 0 bridgehead atoms. The zero-order valence-corrected chi connectivity index (χ0v) is 13.0. The van der Waals surface area contributed by atoms with Gasteiger partial charge in [0.15, 0.2) is 8.68 Å². The highest BCUT2D eigenvalue weighted by Crippen LogP contribution is 2.34. The Bertz CT molecular complexity index is 684. The van der Waals surface area contributed by atoms with Gasteiger partial charge in [-0.05, 0) is 6.92 Å². The van der Waals surface area contributed by atoms with Crippen LogP contribution in [0.5, 0.6) is 0 Å². The standard InChI is InChI=1S/C12H13ClN2O3S2/c1-8(16)7-14-20(17,18)11-10(15-12(13)19-11)9-5-3-2-4-6-9/h2-6,8,14,16H,7H2,1H3/t8-/m0/s1. The molecule has 0 fully saturated rings. The summed E-state index contributed by atoms with van der Waals surface area (Å²) in [5.74, 6) is 0. The van der Waals surface area contributed by atoms with Crippen molar-refractivity contribution in [2.75, 3.05) is 6.54 Å². The molecular weight excluding hydrogens is 320 g/mol. The molecule has 108 valence electrons. The third-order valence-electron chi connectivity index (χ3n) is 2.43. The first-order valence-corrected chi connectivity index (χ1v) is 8.47. The average Bonchev–Trinajstić information content (AvgIpc) is 2.81. The largest absolute Gasteiger partial charge is 0.392 e. The number of rotatable bonds is 5. The molecule has 2 rings (SSSR count). The first-order valence-electron chi connectivity index (χ1n) is 5.79. The minimum atomic E-state index is -3.75. The number of nitrogens with zero attached hydrogens (tertiary/aromatic N) is 1. The number of halogens is 1. The highest BCUT2D eigenvalue weighted by molar-refractivity contribution is 7.91. The van der Waals surface area contributed by atoms with Crippen LogP contribution >= 0.6 is 22.9 Å². The number of nitrogens with one attached hydrogen (secondary N) is 1. The Balaban J connectivity index is 2.43. The van der Waals surface area contributed by atoms with E-state index >= 15 is 0 Å². The molecule has 0 unspecified atom stereocenters. The van der Waals surface area contributed by atoms with Crippen molar-refractivity contribution < 1.29 is 13.5 Å². The molecule has 8 heteroatoms. The van der Waals surface area contributed by atoms with E-state index in [0.717, 1.165) is 11.3 Å². The maximum Gasteiger partial charge on any atom is 0.252 e.